The van der Waals surface area contributed by atoms with Gasteiger partial charge in [0.25, 0.3) is 0 Å². The molecule has 0 aliphatic heterocycles. The topological polar surface area (TPSA) is 42.2 Å². The minimum atomic E-state index is -0.779. The van der Waals surface area contributed by atoms with Crippen molar-refractivity contribution in [2.75, 3.05) is 0 Å². The van der Waals surface area contributed by atoms with E-state index >= 15 is 0 Å². The molecular weight excluding hydrogens is 142 g/mol. The van der Waals surface area contributed by atoms with Crippen molar-refractivity contribution in [3.63, 3.8) is 0 Å². The molecule has 1 rings (SSSR count). The predicted octanol–water partition coefficient (Wildman–Crippen LogP) is 1.14. The normalized spacial score (nSPS) is 9.91. The molecule has 1 aromatic rings. The smallest absolute Gasteiger partial charge is 0.309 e. The van der Waals surface area contributed by atoms with Crippen LogP contribution in [0.5, 0.6) is 0 Å². The number of aryl methyl sites for hydroxylation is 1. The van der Waals surface area contributed by atoms with Crippen LogP contribution in [0.2, 0.25) is 0 Å². The lowest BCUT2D eigenvalue weighted by molar-refractivity contribution is -0.136. The van der Waals surface area contributed by atoms with E-state index in [4.69, 9.17) is 5.11 Å². The Morgan fingerprint density at radius 2 is 2.45 bits per heavy atom. The van der Waals surface area contributed by atoms with Gasteiger partial charge in [0.2, 0.25) is 0 Å². The minimum absolute atomic E-state index is 0.112. The third-order valence-corrected chi connectivity index (χ3v) is 1.60. The van der Waals surface area contributed by atoms with Crippen molar-refractivity contribution < 1.29 is 9.90 Å². The largest absolute Gasteiger partial charge is 0.481 e. The molecule has 0 aliphatic carbocycles. The minimum Gasteiger partial charge on any atom is -0.481 e. The van der Waals surface area contributed by atoms with E-state index in [0.29, 0.717) is 0 Å². The van der Waals surface area contributed by atoms with Crippen LogP contribution in [0, 0.1) is 0 Å². The number of aliphatic carboxylic acids is 1. The Morgan fingerprint density at radius 3 is 3.00 bits per heavy atom. The van der Waals surface area contributed by atoms with E-state index in [9.17, 15) is 4.79 Å². The number of carboxylic acids is 1. The van der Waals surface area contributed by atoms with Crippen molar-refractivity contribution in [2.24, 2.45) is 0 Å². The van der Waals surface area contributed by atoms with Gasteiger partial charge in [0.05, 0.1) is 6.42 Å². The van der Waals surface area contributed by atoms with Crippen molar-refractivity contribution in [3.05, 3.63) is 24.0 Å². The van der Waals surface area contributed by atoms with Crippen LogP contribution in [0.1, 0.15) is 12.6 Å². The Balaban J connectivity index is 2.76. The summed E-state index contributed by atoms with van der Waals surface area (Å²) in [5, 5.41) is 8.49. The second kappa shape index (κ2) is 3.23. The van der Waals surface area contributed by atoms with E-state index < -0.39 is 5.97 Å². The van der Waals surface area contributed by atoms with E-state index in [1.165, 1.54) is 0 Å². The SMILES string of the molecule is CCn1cccc1CC(=O)O. The Labute approximate surface area is 65.3 Å². The fraction of sp³-hybridized carbons (Fsp3) is 0.375. The van der Waals surface area contributed by atoms with E-state index in [0.717, 1.165) is 12.2 Å². The molecule has 0 radical (unpaired) electrons. The molecule has 0 bridgehead atoms. The van der Waals surface area contributed by atoms with E-state index in [-0.39, 0.29) is 6.42 Å². The first-order valence-electron chi connectivity index (χ1n) is 3.60. The van der Waals surface area contributed by atoms with Crippen molar-refractivity contribution in [2.45, 2.75) is 19.9 Å². The van der Waals surface area contributed by atoms with Crippen LogP contribution < -0.4 is 0 Å². The molecule has 0 unspecified atom stereocenters. The number of rotatable bonds is 3. The number of carboxylic acid groups (broad SMARTS) is 1. The standard InChI is InChI=1S/C8H11NO2/c1-2-9-5-3-4-7(9)6-8(10)11/h3-5H,2,6H2,1H3,(H,10,11). The average molecular weight is 153 g/mol. The molecule has 0 spiro atoms. The van der Waals surface area contributed by atoms with Gasteiger partial charge in [-0.3, -0.25) is 4.79 Å². The summed E-state index contributed by atoms with van der Waals surface area (Å²) < 4.78 is 1.92. The van der Waals surface area contributed by atoms with E-state index in [2.05, 4.69) is 0 Å². The summed E-state index contributed by atoms with van der Waals surface area (Å²) in [6.07, 6.45) is 2.00. The molecule has 0 amide bonds. The highest BCUT2D eigenvalue weighted by Gasteiger charge is 2.03. The number of aromatic nitrogens is 1. The van der Waals surface area contributed by atoms with Gasteiger partial charge in [-0.15, -0.1) is 0 Å². The van der Waals surface area contributed by atoms with Gasteiger partial charge < -0.3 is 9.67 Å². The fourth-order valence-electron chi connectivity index (χ4n) is 1.07. The Morgan fingerprint density at radius 1 is 1.73 bits per heavy atom. The summed E-state index contributed by atoms with van der Waals surface area (Å²) in [7, 11) is 0. The van der Waals surface area contributed by atoms with Crippen molar-refractivity contribution in [1.82, 2.24) is 4.57 Å². The van der Waals surface area contributed by atoms with E-state index in [1.807, 2.05) is 29.8 Å². The first kappa shape index (κ1) is 7.85. The number of nitrogens with zero attached hydrogens (tertiary/aromatic N) is 1. The molecular formula is C8H11NO2. The summed E-state index contributed by atoms with van der Waals surface area (Å²) in [5.74, 6) is -0.779. The van der Waals surface area contributed by atoms with Gasteiger partial charge in [-0.25, -0.2) is 0 Å². The zero-order valence-corrected chi connectivity index (χ0v) is 6.45. The Hall–Kier alpha value is -1.25. The van der Waals surface area contributed by atoms with Gasteiger partial charge in [0.1, 0.15) is 0 Å². The van der Waals surface area contributed by atoms with Crippen LogP contribution in [0.25, 0.3) is 0 Å². The molecule has 0 saturated heterocycles. The van der Waals surface area contributed by atoms with Gasteiger partial charge in [-0.05, 0) is 19.1 Å². The predicted molar refractivity (Wildman–Crippen MR) is 41.4 cm³/mol. The number of hydrogen-bond acceptors (Lipinski definition) is 1. The lowest BCUT2D eigenvalue weighted by atomic mass is 10.3. The van der Waals surface area contributed by atoms with Gasteiger partial charge >= 0.3 is 5.97 Å². The van der Waals surface area contributed by atoms with Crippen LogP contribution in [-0.2, 0) is 17.8 Å². The second-order valence-electron chi connectivity index (χ2n) is 2.36. The molecule has 0 atom stereocenters. The van der Waals surface area contributed by atoms with Crippen LogP contribution in [0.3, 0.4) is 0 Å². The molecule has 0 saturated carbocycles. The summed E-state index contributed by atoms with van der Waals surface area (Å²) in [6.45, 7) is 2.82. The molecule has 3 nitrogen and oxygen atoms in total. The molecule has 11 heavy (non-hydrogen) atoms. The fourth-order valence-corrected chi connectivity index (χ4v) is 1.07. The van der Waals surface area contributed by atoms with Crippen molar-refractivity contribution >= 4 is 5.97 Å². The monoisotopic (exact) mass is 153 g/mol. The summed E-state index contributed by atoms with van der Waals surface area (Å²) in [4.78, 5) is 10.3. The Bertz CT molecular complexity index is 252. The van der Waals surface area contributed by atoms with Crippen molar-refractivity contribution in [1.29, 1.82) is 0 Å². The summed E-state index contributed by atoms with van der Waals surface area (Å²) in [6, 6.07) is 3.69. The third-order valence-electron chi connectivity index (χ3n) is 1.60. The maximum atomic E-state index is 10.3. The van der Waals surface area contributed by atoms with Gasteiger partial charge in [0, 0.05) is 18.4 Å². The zero-order chi connectivity index (χ0) is 8.27. The molecule has 1 aromatic heterocycles. The highest BCUT2D eigenvalue weighted by molar-refractivity contribution is 5.69. The average Bonchev–Trinajstić information content (AvgIpc) is 2.34. The van der Waals surface area contributed by atoms with Crippen molar-refractivity contribution in [3.8, 4) is 0 Å². The van der Waals surface area contributed by atoms with Crippen LogP contribution >= 0.6 is 0 Å². The maximum absolute atomic E-state index is 10.3. The van der Waals surface area contributed by atoms with Gasteiger partial charge in [-0.2, -0.15) is 0 Å². The lowest BCUT2D eigenvalue weighted by Crippen LogP contribution is -2.06. The number of hydrogen-bond donors (Lipinski definition) is 1. The van der Waals surface area contributed by atoms with Crippen LogP contribution in [0.15, 0.2) is 18.3 Å². The molecule has 1 heterocycles. The molecule has 3 heteroatoms. The third kappa shape index (κ3) is 1.83. The first-order chi connectivity index (χ1) is 5.24. The highest BCUT2D eigenvalue weighted by Crippen LogP contribution is 2.02. The van der Waals surface area contributed by atoms with Crippen LogP contribution in [0.4, 0.5) is 0 Å². The summed E-state index contributed by atoms with van der Waals surface area (Å²) >= 11 is 0. The highest BCUT2D eigenvalue weighted by atomic mass is 16.4. The Kier molecular flexibility index (Phi) is 2.31. The second-order valence-corrected chi connectivity index (χ2v) is 2.36. The van der Waals surface area contributed by atoms with Crippen LogP contribution in [-0.4, -0.2) is 15.6 Å². The summed E-state index contributed by atoms with van der Waals surface area (Å²) in [5.41, 5.74) is 0.861. The maximum Gasteiger partial charge on any atom is 0.309 e. The van der Waals surface area contributed by atoms with Gasteiger partial charge in [0.15, 0.2) is 0 Å². The van der Waals surface area contributed by atoms with Gasteiger partial charge in [-0.1, -0.05) is 0 Å². The molecule has 60 valence electrons. The molecule has 1 N–H and O–H groups in total. The first-order valence-corrected chi connectivity index (χ1v) is 3.60. The number of carbonyl (C=O) groups is 1. The lowest BCUT2D eigenvalue weighted by Gasteiger charge is -2.01. The molecule has 0 fully saturated rings. The van der Waals surface area contributed by atoms with E-state index in [1.54, 1.807) is 0 Å². The zero-order valence-electron chi connectivity index (χ0n) is 6.45. The molecule has 0 aromatic carbocycles. The molecule has 0 aliphatic rings. The quantitative estimate of drug-likeness (QED) is 0.707.